The Hall–Kier alpha value is -0.990. The lowest BCUT2D eigenvalue weighted by Gasteiger charge is -2.11. The molecule has 1 unspecified atom stereocenters. The zero-order chi connectivity index (χ0) is 14.1. The molecule has 1 aliphatic carbocycles. The van der Waals surface area contributed by atoms with Crippen molar-refractivity contribution in [1.82, 2.24) is 0 Å². The molecule has 20 heavy (non-hydrogen) atoms. The second-order valence-corrected chi connectivity index (χ2v) is 7.00. The Labute approximate surface area is 129 Å². The van der Waals surface area contributed by atoms with E-state index in [0.717, 1.165) is 16.9 Å². The number of thiophene rings is 1. The summed E-state index contributed by atoms with van der Waals surface area (Å²) in [5.74, 6) is 0.920. The molecule has 0 bridgehead atoms. The van der Waals surface area contributed by atoms with E-state index in [9.17, 15) is 0 Å². The fourth-order valence-corrected chi connectivity index (χ4v) is 4.46. The van der Waals surface area contributed by atoms with Crippen LogP contribution >= 0.6 is 22.9 Å². The van der Waals surface area contributed by atoms with E-state index >= 15 is 0 Å². The molecule has 1 atom stereocenters. The van der Waals surface area contributed by atoms with Crippen LogP contribution in [0, 0.1) is 6.92 Å². The van der Waals surface area contributed by atoms with Crippen LogP contribution in [0.4, 0.5) is 0 Å². The Bertz CT molecular complexity index is 594. The molecule has 1 aromatic heterocycles. The molecule has 1 aliphatic rings. The Balaban J connectivity index is 1.90. The molecule has 0 fully saturated rings. The summed E-state index contributed by atoms with van der Waals surface area (Å²) in [7, 11) is 1.70. The zero-order valence-corrected chi connectivity index (χ0v) is 13.5. The molecule has 2 aromatic rings. The van der Waals surface area contributed by atoms with Crippen LogP contribution in [0.1, 0.15) is 44.7 Å². The van der Waals surface area contributed by atoms with Gasteiger partial charge in [-0.1, -0.05) is 12.1 Å². The van der Waals surface area contributed by atoms with Crippen LogP contribution in [-0.2, 0) is 12.8 Å². The molecule has 106 valence electrons. The summed E-state index contributed by atoms with van der Waals surface area (Å²) >= 11 is 8.58. The zero-order valence-electron chi connectivity index (χ0n) is 11.9. The minimum atomic E-state index is -0.0461. The van der Waals surface area contributed by atoms with Gasteiger partial charge in [-0.25, -0.2) is 0 Å². The second-order valence-electron chi connectivity index (χ2n) is 5.40. The Kier molecular flexibility index (Phi) is 4.04. The van der Waals surface area contributed by atoms with Gasteiger partial charge in [0.2, 0.25) is 0 Å². The van der Waals surface area contributed by atoms with E-state index < -0.39 is 0 Å². The van der Waals surface area contributed by atoms with Crippen molar-refractivity contribution in [2.24, 2.45) is 0 Å². The molecule has 0 amide bonds. The fourth-order valence-electron chi connectivity index (χ4n) is 2.86. The molecule has 3 heteroatoms. The number of methoxy groups -OCH3 is 1. The normalized spacial score (nSPS) is 15.8. The molecule has 0 radical (unpaired) electrons. The largest absolute Gasteiger partial charge is 0.496 e. The predicted octanol–water partition coefficient (Wildman–Crippen LogP) is 5.27. The van der Waals surface area contributed by atoms with Gasteiger partial charge in [0.05, 0.1) is 12.5 Å². The third-order valence-corrected chi connectivity index (χ3v) is 5.90. The Morgan fingerprint density at radius 3 is 2.70 bits per heavy atom. The van der Waals surface area contributed by atoms with Gasteiger partial charge >= 0.3 is 0 Å². The van der Waals surface area contributed by atoms with Crippen molar-refractivity contribution in [3.05, 3.63) is 50.7 Å². The first-order valence-corrected chi connectivity index (χ1v) is 8.34. The third-order valence-electron chi connectivity index (χ3n) is 3.98. The van der Waals surface area contributed by atoms with E-state index in [1.54, 1.807) is 12.0 Å². The summed E-state index contributed by atoms with van der Waals surface area (Å²) in [4.78, 5) is 2.82. The van der Waals surface area contributed by atoms with Crippen molar-refractivity contribution >= 4 is 22.9 Å². The lowest BCUT2D eigenvalue weighted by Crippen LogP contribution is -1.96. The first kappa shape index (κ1) is 14.0. The van der Waals surface area contributed by atoms with E-state index in [1.165, 1.54) is 36.1 Å². The molecule has 1 aromatic carbocycles. The molecule has 0 saturated carbocycles. The van der Waals surface area contributed by atoms with Gasteiger partial charge in [-0.05, 0) is 61.4 Å². The van der Waals surface area contributed by atoms with E-state index in [2.05, 4.69) is 25.1 Å². The molecule has 0 saturated heterocycles. The van der Waals surface area contributed by atoms with E-state index in [4.69, 9.17) is 16.3 Å². The van der Waals surface area contributed by atoms with Gasteiger partial charge in [-0.15, -0.1) is 22.9 Å². The van der Waals surface area contributed by atoms with E-state index in [0.29, 0.717) is 0 Å². The van der Waals surface area contributed by atoms with Gasteiger partial charge in [0.15, 0.2) is 0 Å². The van der Waals surface area contributed by atoms with Gasteiger partial charge < -0.3 is 4.74 Å². The average molecular weight is 307 g/mol. The molecule has 1 heterocycles. The monoisotopic (exact) mass is 306 g/mol. The molecule has 0 spiro atoms. The average Bonchev–Trinajstić information content (AvgIpc) is 2.90. The lowest BCUT2D eigenvalue weighted by atomic mass is 9.98. The van der Waals surface area contributed by atoms with Gasteiger partial charge in [0, 0.05) is 9.75 Å². The van der Waals surface area contributed by atoms with Crippen LogP contribution in [0.5, 0.6) is 5.75 Å². The number of ether oxygens (including phenoxy) is 1. The first-order valence-electron chi connectivity index (χ1n) is 7.09. The highest BCUT2D eigenvalue weighted by atomic mass is 35.5. The van der Waals surface area contributed by atoms with Crippen molar-refractivity contribution < 1.29 is 4.74 Å². The summed E-state index contributed by atoms with van der Waals surface area (Å²) in [6.45, 7) is 2.06. The highest BCUT2D eigenvalue weighted by Gasteiger charge is 2.19. The van der Waals surface area contributed by atoms with Crippen LogP contribution in [0.3, 0.4) is 0 Å². The molecule has 0 aliphatic heterocycles. The highest BCUT2D eigenvalue weighted by molar-refractivity contribution is 7.12. The summed E-state index contributed by atoms with van der Waals surface area (Å²) < 4.78 is 5.31. The second kappa shape index (κ2) is 5.79. The molecular weight excluding hydrogens is 288 g/mol. The van der Waals surface area contributed by atoms with Gasteiger partial charge in [-0.3, -0.25) is 0 Å². The summed E-state index contributed by atoms with van der Waals surface area (Å²) in [5.41, 5.74) is 3.81. The van der Waals surface area contributed by atoms with Crippen molar-refractivity contribution in [3.63, 3.8) is 0 Å². The van der Waals surface area contributed by atoms with Gasteiger partial charge in [0.25, 0.3) is 0 Å². The van der Waals surface area contributed by atoms with Gasteiger partial charge in [0.1, 0.15) is 5.75 Å². The van der Waals surface area contributed by atoms with Crippen LogP contribution in [0.25, 0.3) is 0 Å². The number of benzene rings is 1. The minimum Gasteiger partial charge on any atom is -0.496 e. The Morgan fingerprint density at radius 1 is 1.20 bits per heavy atom. The number of aryl methyl sites for hydroxylation is 3. The SMILES string of the molecule is COc1ccc(C(Cl)c2cc3c(s2)CCCC3)cc1C. The lowest BCUT2D eigenvalue weighted by molar-refractivity contribution is 0.411. The summed E-state index contributed by atoms with van der Waals surface area (Å²) in [6.07, 6.45) is 5.08. The molecule has 3 rings (SSSR count). The van der Waals surface area contributed by atoms with Crippen molar-refractivity contribution in [1.29, 1.82) is 0 Å². The molecule has 0 N–H and O–H groups in total. The number of rotatable bonds is 3. The van der Waals surface area contributed by atoms with E-state index in [1.807, 2.05) is 17.4 Å². The van der Waals surface area contributed by atoms with E-state index in [-0.39, 0.29) is 5.38 Å². The quantitative estimate of drug-likeness (QED) is 0.702. The predicted molar refractivity (Wildman–Crippen MR) is 86.4 cm³/mol. The topological polar surface area (TPSA) is 9.23 Å². The first-order chi connectivity index (χ1) is 9.69. The summed E-state index contributed by atoms with van der Waals surface area (Å²) in [5, 5.41) is -0.0461. The highest BCUT2D eigenvalue weighted by Crippen LogP contribution is 2.39. The number of hydrogen-bond donors (Lipinski definition) is 0. The minimum absolute atomic E-state index is 0.0461. The standard InChI is InChI=1S/C17H19ClOS/c1-11-9-13(7-8-14(11)19-2)17(18)16-10-12-5-3-4-6-15(12)20-16/h7-10,17H,3-6H2,1-2H3. The maximum atomic E-state index is 6.69. The smallest absolute Gasteiger partial charge is 0.121 e. The van der Waals surface area contributed by atoms with Crippen molar-refractivity contribution in [2.45, 2.75) is 38.0 Å². The number of alkyl halides is 1. The number of halogens is 1. The van der Waals surface area contributed by atoms with Crippen molar-refractivity contribution in [3.8, 4) is 5.75 Å². The number of hydrogen-bond acceptors (Lipinski definition) is 2. The maximum Gasteiger partial charge on any atom is 0.121 e. The van der Waals surface area contributed by atoms with Crippen molar-refractivity contribution in [2.75, 3.05) is 7.11 Å². The maximum absolute atomic E-state index is 6.69. The van der Waals surface area contributed by atoms with Crippen LogP contribution in [-0.4, -0.2) is 7.11 Å². The molecular formula is C17H19ClOS. The number of fused-ring (bicyclic) bond motifs is 1. The third kappa shape index (κ3) is 2.59. The van der Waals surface area contributed by atoms with Crippen LogP contribution in [0.2, 0.25) is 0 Å². The van der Waals surface area contributed by atoms with Crippen LogP contribution < -0.4 is 4.74 Å². The molecule has 1 nitrogen and oxygen atoms in total. The van der Waals surface area contributed by atoms with Crippen LogP contribution in [0.15, 0.2) is 24.3 Å². The Morgan fingerprint density at radius 2 is 2.00 bits per heavy atom. The van der Waals surface area contributed by atoms with Gasteiger partial charge in [-0.2, -0.15) is 0 Å². The summed E-state index contributed by atoms with van der Waals surface area (Å²) in [6, 6.07) is 8.53. The fraction of sp³-hybridized carbons (Fsp3) is 0.412.